The maximum absolute atomic E-state index is 4.68. The Kier molecular flexibility index (Phi) is 6.87. The molecule has 6 heteroatoms. The Hall–Kier alpha value is -2.34. The molecule has 0 aliphatic heterocycles. The van der Waals surface area contributed by atoms with Gasteiger partial charge in [-0.05, 0) is 37.8 Å². The van der Waals surface area contributed by atoms with Crippen LogP contribution in [0.2, 0.25) is 0 Å². The molecular formula is C21H29N5S. The van der Waals surface area contributed by atoms with Crippen LogP contribution in [0.1, 0.15) is 34.9 Å². The molecule has 0 unspecified atom stereocenters. The standard InChI is InChI=1S/C21H29N5S/c1-4-16-7-6-8-18-17(14-26-20(16)18)9-11-23-21(22-5-2)24-12-10-19-25-13-15(3)27-19/h6-8,13-14,26H,4-5,9-12H2,1-3H3,(H2,22,23,24). The van der Waals surface area contributed by atoms with Crippen molar-refractivity contribution in [1.29, 1.82) is 0 Å². The van der Waals surface area contributed by atoms with Gasteiger partial charge in [-0.1, -0.05) is 25.1 Å². The van der Waals surface area contributed by atoms with Gasteiger partial charge in [0.15, 0.2) is 5.96 Å². The Labute approximate surface area is 165 Å². The second-order valence-electron chi connectivity index (χ2n) is 6.56. The summed E-state index contributed by atoms with van der Waals surface area (Å²) < 4.78 is 0. The number of aryl methyl sites for hydroxylation is 2. The Morgan fingerprint density at radius 2 is 2.07 bits per heavy atom. The van der Waals surface area contributed by atoms with Crippen molar-refractivity contribution in [2.24, 2.45) is 4.99 Å². The number of nitrogens with zero attached hydrogens (tertiary/aromatic N) is 2. The van der Waals surface area contributed by atoms with Crippen LogP contribution in [0.5, 0.6) is 0 Å². The summed E-state index contributed by atoms with van der Waals surface area (Å²) in [6.07, 6.45) is 6.96. The molecule has 0 amide bonds. The van der Waals surface area contributed by atoms with E-state index in [1.54, 1.807) is 11.3 Å². The zero-order chi connectivity index (χ0) is 19.1. The second-order valence-corrected chi connectivity index (χ2v) is 7.88. The highest BCUT2D eigenvalue weighted by Crippen LogP contribution is 2.22. The smallest absolute Gasteiger partial charge is 0.191 e. The zero-order valence-corrected chi connectivity index (χ0v) is 17.2. The SMILES string of the molecule is CCNC(=NCCc1ncc(C)s1)NCCc1c[nH]c2c(CC)cccc12. The largest absolute Gasteiger partial charge is 0.361 e. The average molecular weight is 384 g/mol. The lowest BCUT2D eigenvalue weighted by Crippen LogP contribution is -2.38. The molecule has 144 valence electrons. The fourth-order valence-corrected chi connectivity index (χ4v) is 3.99. The van der Waals surface area contributed by atoms with Gasteiger partial charge in [0.2, 0.25) is 0 Å². The molecule has 0 fully saturated rings. The quantitative estimate of drug-likeness (QED) is 0.409. The van der Waals surface area contributed by atoms with E-state index in [9.17, 15) is 0 Å². The van der Waals surface area contributed by atoms with E-state index in [1.807, 2.05) is 6.20 Å². The first-order chi connectivity index (χ1) is 13.2. The number of aromatic nitrogens is 2. The van der Waals surface area contributed by atoms with Crippen LogP contribution in [0.4, 0.5) is 0 Å². The van der Waals surface area contributed by atoms with Crippen LogP contribution in [0, 0.1) is 6.92 Å². The van der Waals surface area contributed by atoms with Crippen LogP contribution in [-0.4, -0.2) is 35.6 Å². The predicted molar refractivity (Wildman–Crippen MR) is 116 cm³/mol. The zero-order valence-electron chi connectivity index (χ0n) is 16.4. The van der Waals surface area contributed by atoms with Crippen LogP contribution < -0.4 is 10.6 Å². The third-order valence-electron chi connectivity index (χ3n) is 4.56. The number of nitrogens with one attached hydrogen (secondary N) is 3. The molecule has 0 spiro atoms. The summed E-state index contributed by atoms with van der Waals surface area (Å²) in [5.74, 6) is 0.875. The van der Waals surface area contributed by atoms with Crippen molar-refractivity contribution in [3.63, 3.8) is 0 Å². The molecule has 3 rings (SSSR count). The maximum atomic E-state index is 4.68. The van der Waals surface area contributed by atoms with Crippen LogP contribution in [-0.2, 0) is 19.3 Å². The molecule has 0 saturated carbocycles. The van der Waals surface area contributed by atoms with E-state index in [-0.39, 0.29) is 0 Å². The van der Waals surface area contributed by atoms with Crippen LogP contribution in [0.25, 0.3) is 10.9 Å². The molecule has 0 aliphatic carbocycles. The third-order valence-corrected chi connectivity index (χ3v) is 5.54. The Morgan fingerprint density at radius 1 is 1.19 bits per heavy atom. The van der Waals surface area contributed by atoms with Gasteiger partial charge in [-0.2, -0.15) is 0 Å². The number of hydrogen-bond acceptors (Lipinski definition) is 3. The fourth-order valence-electron chi connectivity index (χ4n) is 3.21. The minimum atomic E-state index is 0.745. The highest BCUT2D eigenvalue weighted by atomic mass is 32.1. The van der Waals surface area contributed by atoms with E-state index in [0.29, 0.717) is 0 Å². The molecule has 0 saturated heterocycles. The Bertz CT molecular complexity index is 893. The second kappa shape index (κ2) is 9.55. The van der Waals surface area contributed by atoms with Gasteiger partial charge in [0.25, 0.3) is 0 Å². The first-order valence-electron chi connectivity index (χ1n) is 9.72. The van der Waals surface area contributed by atoms with Crippen molar-refractivity contribution in [3.8, 4) is 0 Å². The molecule has 1 aromatic carbocycles. The van der Waals surface area contributed by atoms with Gasteiger partial charge in [0.05, 0.1) is 5.01 Å². The van der Waals surface area contributed by atoms with E-state index in [4.69, 9.17) is 0 Å². The fraction of sp³-hybridized carbons (Fsp3) is 0.429. The summed E-state index contributed by atoms with van der Waals surface area (Å²) >= 11 is 1.75. The van der Waals surface area contributed by atoms with Crippen LogP contribution in [0.3, 0.4) is 0 Å². The molecule has 5 nitrogen and oxygen atoms in total. The summed E-state index contributed by atoms with van der Waals surface area (Å²) in [7, 11) is 0. The third kappa shape index (κ3) is 5.10. The number of fused-ring (bicyclic) bond motifs is 1. The van der Waals surface area contributed by atoms with Crippen molar-refractivity contribution < 1.29 is 0 Å². The monoisotopic (exact) mass is 383 g/mol. The first-order valence-corrected chi connectivity index (χ1v) is 10.5. The van der Waals surface area contributed by atoms with E-state index in [2.05, 4.69) is 70.8 Å². The normalized spacial score (nSPS) is 11.9. The lowest BCUT2D eigenvalue weighted by molar-refractivity contribution is 0.798. The lowest BCUT2D eigenvalue weighted by atomic mass is 10.1. The number of aromatic amines is 1. The molecule has 0 bridgehead atoms. The van der Waals surface area contributed by atoms with Crippen LogP contribution in [0.15, 0.2) is 35.6 Å². The number of rotatable bonds is 8. The summed E-state index contributed by atoms with van der Waals surface area (Å²) in [5, 5.41) is 9.26. The number of benzene rings is 1. The molecule has 3 N–H and O–H groups in total. The Balaban J connectivity index is 1.55. The molecule has 0 atom stereocenters. The van der Waals surface area contributed by atoms with Crippen molar-refractivity contribution in [2.45, 2.75) is 40.0 Å². The van der Waals surface area contributed by atoms with Gasteiger partial charge in [0, 0.05) is 54.2 Å². The predicted octanol–water partition coefficient (Wildman–Crippen LogP) is 3.84. The van der Waals surface area contributed by atoms with Crippen molar-refractivity contribution >= 4 is 28.2 Å². The number of H-pyrrole nitrogens is 1. The average Bonchev–Trinajstić information content (AvgIpc) is 3.28. The molecule has 0 radical (unpaired) electrons. The number of hydrogen-bond donors (Lipinski definition) is 3. The highest BCUT2D eigenvalue weighted by Gasteiger charge is 2.07. The van der Waals surface area contributed by atoms with Gasteiger partial charge < -0.3 is 15.6 Å². The minimum absolute atomic E-state index is 0.745. The molecular weight excluding hydrogens is 354 g/mol. The molecule has 2 heterocycles. The lowest BCUT2D eigenvalue weighted by Gasteiger charge is -2.11. The number of thiazole rings is 1. The van der Waals surface area contributed by atoms with Crippen molar-refractivity contribution in [3.05, 3.63) is 51.6 Å². The maximum Gasteiger partial charge on any atom is 0.191 e. The van der Waals surface area contributed by atoms with E-state index in [1.165, 1.54) is 26.9 Å². The van der Waals surface area contributed by atoms with Crippen LogP contribution >= 0.6 is 11.3 Å². The molecule has 3 aromatic rings. The topological polar surface area (TPSA) is 65.1 Å². The number of guanidine groups is 1. The summed E-state index contributed by atoms with van der Waals surface area (Å²) in [4.78, 5) is 13.8. The summed E-state index contributed by atoms with van der Waals surface area (Å²) in [5.41, 5.74) is 4.00. The van der Waals surface area contributed by atoms with Gasteiger partial charge in [0.1, 0.15) is 0 Å². The highest BCUT2D eigenvalue weighted by molar-refractivity contribution is 7.11. The van der Waals surface area contributed by atoms with Crippen molar-refractivity contribution in [2.75, 3.05) is 19.6 Å². The van der Waals surface area contributed by atoms with E-state index in [0.717, 1.165) is 49.9 Å². The number of para-hydroxylation sites is 1. The van der Waals surface area contributed by atoms with Gasteiger partial charge in [-0.3, -0.25) is 4.99 Å². The first kappa shape index (κ1) is 19.4. The Morgan fingerprint density at radius 3 is 2.81 bits per heavy atom. The van der Waals surface area contributed by atoms with E-state index < -0.39 is 0 Å². The van der Waals surface area contributed by atoms with Crippen molar-refractivity contribution in [1.82, 2.24) is 20.6 Å². The molecule has 27 heavy (non-hydrogen) atoms. The van der Waals surface area contributed by atoms with Gasteiger partial charge in [-0.15, -0.1) is 11.3 Å². The van der Waals surface area contributed by atoms with E-state index >= 15 is 0 Å². The summed E-state index contributed by atoms with van der Waals surface area (Å²) in [6.45, 7) is 8.83. The molecule has 0 aliphatic rings. The summed E-state index contributed by atoms with van der Waals surface area (Å²) in [6, 6.07) is 6.55. The number of aliphatic imine (C=N–C) groups is 1. The van der Waals surface area contributed by atoms with Gasteiger partial charge >= 0.3 is 0 Å². The van der Waals surface area contributed by atoms with Gasteiger partial charge in [-0.25, -0.2) is 4.98 Å². The minimum Gasteiger partial charge on any atom is -0.361 e. The molecule has 2 aromatic heterocycles.